The molecule has 2 nitrogen and oxygen atoms in total. The van der Waals surface area contributed by atoms with E-state index in [-0.39, 0.29) is 5.91 Å². The van der Waals surface area contributed by atoms with E-state index < -0.39 is 4.33 Å². The molecule has 15 heavy (non-hydrogen) atoms. The van der Waals surface area contributed by atoms with Crippen LogP contribution >= 0.6 is 23.2 Å². The molecule has 0 aliphatic rings. The lowest BCUT2D eigenvalue weighted by atomic mass is 10.1. The van der Waals surface area contributed by atoms with Crippen molar-refractivity contribution < 1.29 is 4.79 Å². The molecule has 4 heteroatoms. The lowest BCUT2D eigenvalue weighted by Gasteiger charge is -2.13. The largest absolute Gasteiger partial charge is 0.353 e. The van der Waals surface area contributed by atoms with Gasteiger partial charge in [-0.2, -0.15) is 0 Å². The predicted molar refractivity (Wildman–Crippen MR) is 63.3 cm³/mol. The number of alkyl halides is 2. The van der Waals surface area contributed by atoms with Gasteiger partial charge >= 0.3 is 0 Å². The van der Waals surface area contributed by atoms with E-state index in [0.29, 0.717) is 6.54 Å². The summed E-state index contributed by atoms with van der Waals surface area (Å²) < 4.78 is -1.35. The van der Waals surface area contributed by atoms with Gasteiger partial charge in [0.05, 0.1) is 0 Å². The van der Waals surface area contributed by atoms with Crippen LogP contribution in [-0.2, 0) is 11.2 Å². The molecule has 1 aromatic rings. The van der Waals surface area contributed by atoms with Crippen molar-refractivity contribution in [1.29, 1.82) is 0 Å². The number of hydrogen-bond donors (Lipinski definition) is 1. The Balaban J connectivity index is 2.32. The Bertz CT molecular complexity index is 319. The molecule has 0 aromatic heterocycles. The molecule has 0 heterocycles. The minimum absolute atomic E-state index is 0.359. The first-order valence-electron chi connectivity index (χ1n) is 4.70. The number of carbonyl (C=O) groups excluding carboxylic acids is 1. The van der Waals surface area contributed by atoms with E-state index in [4.69, 9.17) is 23.2 Å². The van der Waals surface area contributed by atoms with Crippen LogP contribution in [0.3, 0.4) is 0 Å². The third-order valence-corrected chi connectivity index (χ3v) is 2.28. The van der Waals surface area contributed by atoms with Gasteiger partial charge in [-0.3, -0.25) is 4.79 Å². The summed E-state index contributed by atoms with van der Waals surface area (Å²) in [7, 11) is 0. The Hall–Kier alpha value is -0.730. The molecule has 0 aliphatic carbocycles. The standard InChI is InChI=1S/C11H13Cl2NO/c1-11(12,13)10(15)14-8-7-9-5-3-2-4-6-9/h2-6H,7-8H2,1H3,(H,14,15). The molecule has 1 amide bonds. The van der Waals surface area contributed by atoms with Gasteiger partial charge < -0.3 is 5.32 Å². The zero-order chi connectivity index (χ0) is 11.3. The predicted octanol–water partition coefficient (Wildman–Crippen LogP) is 2.54. The molecule has 1 aromatic carbocycles. The van der Waals surface area contributed by atoms with Crippen molar-refractivity contribution in [3.63, 3.8) is 0 Å². The fourth-order valence-corrected chi connectivity index (χ4v) is 1.25. The summed E-state index contributed by atoms with van der Waals surface area (Å²) in [5.41, 5.74) is 1.17. The quantitative estimate of drug-likeness (QED) is 0.812. The van der Waals surface area contributed by atoms with Gasteiger partial charge in [-0.1, -0.05) is 53.5 Å². The van der Waals surface area contributed by atoms with E-state index in [0.717, 1.165) is 6.42 Å². The third kappa shape index (κ3) is 4.54. The number of halogens is 2. The Kier molecular flexibility index (Phi) is 4.43. The molecule has 0 unspecified atom stereocenters. The van der Waals surface area contributed by atoms with E-state index in [1.807, 2.05) is 30.3 Å². The Morgan fingerprint density at radius 1 is 1.33 bits per heavy atom. The molecule has 0 spiro atoms. The molecule has 1 N–H and O–H groups in total. The normalized spacial score (nSPS) is 11.1. The van der Waals surface area contributed by atoms with Crippen LogP contribution < -0.4 is 5.32 Å². The van der Waals surface area contributed by atoms with E-state index in [1.165, 1.54) is 12.5 Å². The summed E-state index contributed by atoms with van der Waals surface area (Å²) in [4.78, 5) is 11.3. The third-order valence-electron chi connectivity index (χ3n) is 1.94. The number of amides is 1. The second kappa shape index (κ2) is 5.38. The molecule has 0 bridgehead atoms. The zero-order valence-electron chi connectivity index (χ0n) is 8.47. The lowest BCUT2D eigenvalue weighted by Crippen LogP contribution is -2.37. The maximum Gasteiger partial charge on any atom is 0.256 e. The van der Waals surface area contributed by atoms with Crippen LogP contribution in [0.5, 0.6) is 0 Å². The number of carbonyl (C=O) groups is 1. The minimum atomic E-state index is -1.35. The van der Waals surface area contributed by atoms with E-state index in [2.05, 4.69) is 5.32 Å². The lowest BCUT2D eigenvalue weighted by molar-refractivity contribution is -0.121. The second-order valence-corrected chi connectivity index (χ2v) is 5.09. The molecule has 1 rings (SSSR count). The molecule has 0 saturated carbocycles. The van der Waals surface area contributed by atoms with E-state index in [9.17, 15) is 4.79 Å². The van der Waals surface area contributed by atoms with Crippen molar-refractivity contribution in [1.82, 2.24) is 5.32 Å². The molecule has 82 valence electrons. The molecule has 0 atom stereocenters. The van der Waals surface area contributed by atoms with Crippen molar-refractivity contribution in [2.45, 2.75) is 17.7 Å². The molecule has 0 aliphatic heterocycles. The van der Waals surface area contributed by atoms with Crippen LogP contribution in [0.15, 0.2) is 30.3 Å². The summed E-state index contributed by atoms with van der Waals surface area (Å²) in [5, 5.41) is 2.67. The van der Waals surface area contributed by atoms with Gasteiger partial charge in [-0.05, 0) is 18.9 Å². The summed E-state index contributed by atoms with van der Waals surface area (Å²) in [6.45, 7) is 1.99. The van der Waals surface area contributed by atoms with Gasteiger partial charge in [0.1, 0.15) is 0 Å². The topological polar surface area (TPSA) is 29.1 Å². The van der Waals surface area contributed by atoms with E-state index in [1.54, 1.807) is 0 Å². The number of hydrogen-bond acceptors (Lipinski definition) is 1. The molecule has 0 radical (unpaired) electrons. The Morgan fingerprint density at radius 3 is 2.47 bits per heavy atom. The van der Waals surface area contributed by atoms with Crippen LogP contribution in [-0.4, -0.2) is 16.8 Å². The first-order chi connectivity index (χ1) is 7.00. The summed E-state index contributed by atoms with van der Waals surface area (Å²) in [6.07, 6.45) is 0.774. The fourth-order valence-electron chi connectivity index (χ4n) is 1.12. The van der Waals surface area contributed by atoms with Crippen molar-refractivity contribution in [2.24, 2.45) is 0 Å². The first-order valence-corrected chi connectivity index (χ1v) is 5.46. The van der Waals surface area contributed by atoms with Crippen molar-refractivity contribution in [3.8, 4) is 0 Å². The molecular formula is C11H13Cl2NO. The minimum Gasteiger partial charge on any atom is -0.353 e. The maximum absolute atomic E-state index is 11.3. The first kappa shape index (κ1) is 12.3. The average molecular weight is 246 g/mol. The Labute approximate surface area is 99.6 Å². The summed E-state index contributed by atoms with van der Waals surface area (Å²) in [5.74, 6) is -0.359. The summed E-state index contributed by atoms with van der Waals surface area (Å²) >= 11 is 11.2. The SMILES string of the molecule is CC(Cl)(Cl)C(=O)NCCc1ccccc1. The molecular weight excluding hydrogens is 233 g/mol. The van der Waals surface area contributed by atoms with Gasteiger partial charge in [-0.25, -0.2) is 0 Å². The smallest absolute Gasteiger partial charge is 0.256 e. The highest BCUT2D eigenvalue weighted by atomic mass is 35.5. The van der Waals surface area contributed by atoms with Crippen molar-refractivity contribution >= 4 is 29.1 Å². The van der Waals surface area contributed by atoms with Gasteiger partial charge in [0.15, 0.2) is 4.33 Å². The van der Waals surface area contributed by atoms with Gasteiger partial charge in [0.2, 0.25) is 0 Å². The van der Waals surface area contributed by atoms with E-state index >= 15 is 0 Å². The van der Waals surface area contributed by atoms with Gasteiger partial charge in [0.25, 0.3) is 5.91 Å². The van der Waals surface area contributed by atoms with Gasteiger partial charge in [-0.15, -0.1) is 0 Å². The molecule has 0 saturated heterocycles. The highest BCUT2D eigenvalue weighted by molar-refractivity contribution is 6.57. The Morgan fingerprint density at radius 2 is 1.93 bits per heavy atom. The maximum atomic E-state index is 11.3. The average Bonchev–Trinajstić information content (AvgIpc) is 2.18. The van der Waals surface area contributed by atoms with Crippen LogP contribution in [0.1, 0.15) is 12.5 Å². The number of rotatable bonds is 4. The van der Waals surface area contributed by atoms with Crippen LogP contribution in [0.2, 0.25) is 0 Å². The monoisotopic (exact) mass is 245 g/mol. The number of benzene rings is 1. The van der Waals surface area contributed by atoms with Crippen molar-refractivity contribution in [3.05, 3.63) is 35.9 Å². The molecule has 0 fully saturated rings. The van der Waals surface area contributed by atoms with Crippen LogP contribution in [0.25, 0.3) is 0 Å². The van der Waals surface area contributed by atoms with Crippen molar-refractivity contribution in [2.75, 3.05) is 6.54 Å². The van der Waals surface area contributed by atoms with Gasteiger partial charge in [0, 0.05) is 6.54 Å². The highest BCUT2D eigenvalue weighted by Gasteiger charge is 2.26. The van der Waals surface area contributed by atoms with Crippen LogP contribution in [0.4, 0.5) is 0 Å². The van der Waals surface area contributed by atoms with Crippen LogP contribution in [0, 0.1) is 0 Å². The highest BCUT2D eigenvalue weighted by Crippen LogP contribution is 2.18. The fraction of sp³-hybridized carbons (Fsp3) is 0.364. The summed E-state index contributed by atoms with van der Waals surface area (Å²) in [6, 6.07) is 9.89. The second-order valence-electron chi connectivity index (χ2n) is 3.38. The number of nitrogens with one attached hydrogen (secondary N) is 1. The zero-order valence-corrected chi connectivity index (χ0v) is 9.98.